The third-order valence-corrected chi connectivity index (χ3v) is 5.05. The van der Waals surface area contributed by atoms with Gasteiger partial charge in [0.05, 0.1) is 4.90 Å². The van der Waals surface area contributed by atoms with Gasteiger partial charge in [0.25, 0.3) is 5.91 Å². The molecule has 27 heavy (non-hydrogen) atoms. The fourth-order valence-corrected chi connectivity index (χ4v) is 2.92. The van der Waals surface area contributed by atoms with E-state index in [2.05, 4.69) is 10.6 Å². The van der Waals surface area contributed by atoms with Gasteiger partial charge >= 0.3 is 0 Å². The largest absolute Gasteiger partial charge is 0.326 e. The van der Waals surface area contributed by atoms with Crippen LogP contribution in [-0.2, 0) is 14.6 Å². The number of benzene rings is 2. The van der Waals surface area contributed by atoms with Crippen molar-refractivity contribution in [1.29, 1.82) is 0 Å². The molecule has 0 saturated heterocycles. The van der Waals surface area contributed by atoms with E-state index in [1.807, 2.05) is 20.8 Å². The Balaban J connectivity index is 2.24. The molecule has 6 nitrogen and oxygen atoms in total. The summed E-state index contributed by atoms with van der Waals surface area (Å²) >= 11 is 0. The zero-order valence-electron chi connectivity index (χ0n) is 16.1. The van der Waals surface area contributed by atoms with E-state index in [9.17, 15) is 18.0 Å². The molecule has 0 unspecified atom stereocenters. The van der Waals surface area contributed by atoms with Crippen LogP contribution in [0.4, 0.5) is 11.4 Å². The van der Waals surface area contributed by atoms with Crippen LogP contribution in [-0.4, -0.2) is 26.5 Å². The van der Waals surface area contributed by atoms with Gasteiger partial charge in [-0.15, -0.1) is 0 Å². The second-order valence-corrected chi connectivity index (χ2v) is 9.50. The first-order valence-corrected chi connectivity index (χ1v) is 10.3. The smallest absolute Gasteiger partial charge is 0.255 e. The van der Waals surface area contributed by atoms with E-state index in [1.165, 1.54) is 12.1 Å². The summed E-state index contributed by atoms with van der Waals surface area (Å²) in [4.78, 5) is 24.8. The predicted molar refractivity (Wildman–Crippen MR) is 107 cm³/mol. The topological polar surface area (TPSA) is 92.3 Å². The second-order valence-electron chi connectivity index (χ2n) is 7.49. The van der Waals surface area contributed by atoms with Gasteiger partial charge < -0.3 is 10.6 Å². The summed E-state index contributed by atoms with van der Waals surface area (Å²) in [5, 5.41) is 5.55. The van der Waals surface area contributed by atoms with Gasteiger partial charge in [0.15, 0.2) is 9.84 Å². The van der Waals surface area contributed by atoms with E-state index in [1.54, 1.807) is 37.3 Å². The summed E-state index contributed by atoms with van der Waals surface area (Å²) in [7, 11) is -3.41. The molecule has 0 spiro atoms. The van der Waals surface area contributed by atoms with Crippen molar-refractivity contribution < 1.29 is 18.0 Å². The Morgan fingerprint density at radius 3 is 2.07 bits per heavy atom. The highest BCUT2D eigenvalue weighted by atomic mass is 32.2. The minimum Gasteiger partial charge on any atom is -0.326 e. The lowest BCUT2D eigenvalue weighted by atomic mass is 9.95. The Kier molecular flexibility index (Phi) is 5.75. The number of hydrogen-bond donors (Lipinski definition) is 2. The standard InChI is InChI=1S/C20H24N2O4S/c1-13-9-10-16(27(5,25)26)12-17(13)18(23)21-14-7-6-8-15(11-14)22-19(24)20(2,3)4/h6-12H,1-5H3,(H,21,23)(H,22,24). The van der Waals surface area contributed by atoms with Gasteiger partial charge in [-0.3, -0.25) is 9.59 Å². The molecule has 0 aromatic heterocycles. The van der Waals surface area contributed by atoms with Crippen LogP contribution < -0.4 is 10.6 Å². The first-order valence-electron chi connectivity index (χ1n) is 8.41. The second kappa shape index (κ2) is 7.52. The lowest BCUT2D eigenvalue weighted by molar-refractivity contribution is -0.123. The van der Waals surface area contributed by atoms with Gasteiger partial charge in [0.2, 0.25) is 5.91 Å². The maximum atomic E-state index is 12.6. The van der Waals surface area contributed by atoms with Crippen LogP contribution in [0.25, 0.3) is 0 Å². The van der Waals surface area contributed by atoms with Gasteiger partial charge in [-0.2, -0.15) is 0 Å². The van der Waals surface area contributed by atoms with Gasteiger partial charge in [-0.1, -0.05) is 32.9 Å². The minimum absolute atomic E-state index is 0.0874. The van der Waals surface area contributed by atoms with E-state index in [0.717, 1.165) is 6.26 Å². The molecule has 0 aliphatic carbocycles. The van der Waals surface area contributed by atoms with Crippen molar-refractivity contribution in [3.63, 3.8) is 0 Å². The maximum Gasteiger partial charge on any atom is 0.255 e. The molecular formula is C20H24N2O4S. The van der Waals surface area contributed by atoms with E-state index in [0.29, 0.717) is 16.9 Å². The van der Waals surface area contributed by atoms with Crippen molar-refractivity contribution in [2.75, 3.05) is 16.9 Å². The Morgan fingerprint density at radius 2 is 1.52 bits per heavy atom. The molecule has 0 aliphatic rings. The molecule has 0 aliphatic heterocycles. The van der Waals surface area contributed by atoms with E-state index < -0.39 is 21.2 Å². The zero-order valence-corrected chi connectivity index (χ0v) is 16.9. The monoisotopic (exact) mass is 388 g/mol. The summed E-state index contributed by atoms with van der Waals surface area (Å²) in [6, 6.07) is 11.2. The minimum atomic E-state index is -3.41. The molecule has 0 saturated carbocycles. The Bertz CT molecular complexity index is 989. The molecule has 2 aromatic rings. The zero-order chi connectivity index (χ0) is 20.4. The summed E-state index contributed by atoms with van der Waals surface area (Å²) in [6.45, 7) is 7.17. The molecule has 144 valence electrons. The van der Waals surface area contributed by atoms with Gasteiger partial charge in [-0.25, -0.2) is 8.42 Å². The normalized spacial score (nSPS) is 11.7. The maximum absolute atomic E-state index is 12.6. The number of nitrogens with one attached hydrogen (secondary N) is 2. The molecule has 7 heteroatoms. The molecule has 2 aromatic carbocycles. The SMILES string of the molecule is Cc1ccc(S(C)(=O)=O)cc1C(=O)Nc1cccc(NC(=O)C(C)(C)C)c1. The Morgan fingerprint density at radius 1 is 0.926 bits per heavy atom. The van der Waals surface area contributed by atoms with Crippen LogP contribution in [0.3, 0.4) is 0 Å². The molecule has 0 radical (unpaired) electrons. The fourth-order valence-electron chi connectivity index (χ4n) is 2.27. The van der Waals surface area contributed by atoms with Crippen molar-refractivity contribution in [1.82, 2.24) is 0 Å². The summed E-state index contributed by atoms with van der Waals surface area (Å²) in [6.07, 6.45) is 1.10. The lowest BCUT2D eigenvalue weighted by Gasteiger charge is -2.18. The van der Waals surface area contributed by atoms with Crippen LogP contribution in [0, 0.1) is 12.3 Å². The molecule has 0 atom stereocenters. The van der Waals surface area contributed by atoms with E-state index in [-0.39, 0.29) is 16.4 Å². The molecule has 0 fully saturated rings. The van der Waals surface area contributed by atoms with Crippen LogP contribution in [0.1, 0.15) is 36.7 Å². The molecule has 0 heterocycles. The van der Waals surface area contributed by atoms with E-state index >= 15 is 0 Å². The number of aryl methyl sites for hydroxylation is 1. The highest BCUT2D eigenvalue weighted by molar-refractivity contribution is 7.90. The first-order chi connectivity index (χ1) is 12.4. The number of amides is 2. The molecule has 2 amide bonds. The van der Waals surface area contributed by atoms with Gasteiger partial charge in [0, 0.05) is 28.6 Å². The van der Waals surface area contributed by atoms with Gasteiger partial charge in [-0.05, 0) is 42.8 Å². The lowest BCUT2D eigenvalue weighted by Crippen LogP contribution is -2.27. The molecule has 2 rings (SSSR count). The number of carbonyl (C=O) groups excluding carboxylic acids is 2. The Hall–Kier alpha value is -2.67. The number of carbonyl (C=O) groups is 2. The Labute approximate surface area is 159 Å². The summed E-state index contributed by atoms with van der Waals surface area (Å²) in [5.41, 5.74) is 1.46. The summed E-state index contributed by atoms with van der Waals surface area (Å²) < 4.78 is 23.5. The average Bonchev–Trinajstić information content (AvgIpc) is 2.53. The number of hydrogen-bond acceptors (Lipinski definition) is 4. The van der Waals surface area contributed by atoms with Crippen molar-refractivity contribution >= 4 is 33.0 Å². The predicted octanol–water partition coefficient (Wildman–Crippen LogP) is 3.64. The molecule has 0 bridgehead atoms. The number of sulfone groups is 1. The van der Waals surface area contributed by atoms with Crippen LogP contribution in [0.5, 0.6) is 0 Å². The third kappa shape index (κ3) is 5.40. The highest BCUT2D eigenvalue weighted by Crippen LogP contribution is 2.21. The van der Waals surface area contributed by atoms with Crippen molar-refractivity contribution in [2.24, 2.45) is 5.41 Å². The van der Waals surface area contributed by atoms with Gasteiger partial charge in [0.1, 0.15) is 0 Å². The number of anilines is 2. The molecular weight excluding hydrogens is 364 g/mol. The van der Waals surface area contributed by atoms with Crippen LogP contribution >= 0.6 is 0 Å². The van der Waals surface area contributed by atoms with E-state index in [4.69, 9.17) is 0 Å². The van der Waals surface area contributed by atoms with Crippen LogP contribution in [0.15, 0.2) is 47.4 Å². The third-order valence-electron chi connectivity index (χ3n) is 3.94. The highest BCUT2D eigenvalue weighted by Gasteiger charge is 2.21. The summed E-state index contributed by atoms with van der Waals surface area (Å²) in [5.74, 6) is -0.556. The number of rotatable bonds is 4. The van der Waals surface area contributed by atoms with Crippen molar-refractivity contribution in [3.05, 3.63) is 53.6 Å². The quantitative estimate of drug-likeness (QED) is 0.836. The van der Waals surface area contributed by atoms with Crippen molar-refractivity contribution in [3.8, 4) is 0 Å². The molecule has 2 N–H and O–H groups in total. The van der Waals surface area contributed by atoms with Crippen LogP contribution in [0.2, 0.25) is 0 Å². The van der Waals surface area contributed by atoms with Crippen molar-refractivity contribution in [2.45, 2.75) is 32.6 Å². The first kappa shape index (κ1) is 20.6. The average molecular weight is 388 g/mol. The fraction of sp³-hybridized carbons (Fsp3) is 0.300.